The van der Waals surface area contributed by atoms with E-state index in [-0.39, 0.29) is 17.1 Å². The molecule has 1 aliphatic heterocycles. The van der Waals surface area contributed by atoms with E-state index in [1.54, 1.807) is 0 Å². The summed E-state index contributed by atoms with van der Waals surface area (Å²) in [7, 11) is 0. The lowest BCUT2D eigenvalue weighted by molar-refractivity contribution is -0.286. The van der Waals surface area contributed by atoms with Crippen molar-refractivity contribution in [1.82, 2.24) is 0 Å². The number of hydrogen-bond donors (Lipinski definition) is 3. The molecule has 1 heterocycles. The highest BCUT2D eigenvalue weighted by Gasteiger charge is 2.43. The number of rotatable bonds is 3. The molecule has 0 aromatic heterocycles. The average Bonchev–Trinajstić information content (AvgIpc) is 2.59. The van der Waals surface area contributed by atoms with Gasteiger partial charge < -0.3 is 25.4 Å². The summed E-state index contributed by atoms with van der Waals surface area (Å²) in [5, 5.41) is 18.8. The van der Waals surface area contributed by atoms with Gasteiger partial charge in [-0.15, -0.1) is 8.78 Å². The Hall–Kier alpha value is -1.93. The van der Waals surface area contributed by atoms with Crippen LogP contribution in [-0.2, 0) is 4.79 Å². The fourth-order valence-corrected chi connectivity index (χ4v) is 1.49. The van der Waals surface area contributed by atoms with E-state index in [2.05, 4.69) is 9.47 Å². The van der Waals surface area contributed by atoms with Crippen LogP contribution in [0.1, 0.15) is 11.7 Å². The minimum Gasteiger partial charge on any atom is -0.395 e. The molecular formula is C10H9F2NO5. The zero-order chi connectivity index (χ0) is 13.5. The molecule has 8 heteroatoms. The van der Waals surface area contributed by atoms with E-state index in [0.29, 0.717) is 0 Å². The number of fused-ring (bicyclic) bond motifs is 1. The summed E-state index contributed by atoms with van der Waals surface area (Å²) in [5.41, 5.74) is 4.81. The maximum atomic E-state index is 12.7. The molecule has 0 aliphatic carbocycles. The third-order valence-electron chi connectivity index (χ3n) is 2.36. The molecule has 2 unspecified atom stereocenters. The number of aliphatic hydroxyl groups excluding tert-OH is 2. The Morgan fingerprint density at radius 2 is 1.89 bits per heavy atom. The molecule has 1 aliphatic rings. The number of primary amides is 1. The number of benzene rings is 1. The van der Waals surface area contributed by atoms with Crippen LogP contribution >= 0.6 is 0 Å². The number of carbonyl (C=O) groups excluding carboxylic acids is 1. The zero-order valence-electron chi connectivity index (χ0n) is 8.84. The lowest BCUT2D eigenvalue weighted by Crippen LogP contribution is -2.33. The summed E-state index contributed by atoms with van der Waals surface area (Å²) < 4.78 is 33.8. The monoisotopic (exact) mass is 261 g/mol. The Morgan fingerprint density at radius 1 is 1.28 bits per heavy atom. The first kappa shape index (κ1) is 12.5. The van der Waals surface area contributed by atoms with Crippen molar-refractivity contribution in [3.63, 3.8) is 0 Å². The smallest absolute Gasteiger partial charge is 0.395 e. The van der Waals surface area contributed by atoms with Crippen LogP contribution in [0.25, 0.3) is 0 Å². The summed E-state index contributed by atoms with van der Waals surface area (Å²) in [4.78, 5) is 10.7. The van der Waals surface area contributed by atoms with Crippen LogP contribution in [-0.4, -0.2) is 28.5 Å². The van der Waals surface area contributed by atoms with Gasteiger partial charge in [-0.3, -0.25) is 4.79 Å². The first-order valence-electron chi connectivity index (χ1n) is 4.85. The van der Waals surface area contributed by atoms with Crippen molar-refractivity contribution >= 4 is 5.91 Å². The normalized spacial score (nSPS) is 19.3. The largest absolute Gasteiger partial charge is 0.586 e. The van der Waals surface area contributed by atoms with Gasteiger partial charge in [0.2, 0.25) is 5.91 Å². The highest BCUT2D eigenvalue weighted by molar-refractivity contribution is 5.79. The van der Waals surface area contributed by atoms with Crippen molar-refractivity contribution in [2.24, 2.45) is 5.73 Å². The molecule has 0 spiro atoms. The molecule has 0 saturated heterocycles. The first-order valence-corrected chi connectivity index (χ1v) is 4.85. The van der Waals surface area contributed by atoms with E-state index < -0.39 is 24.4 Å². The van der Waals surface area contributed by atoms with Crippen LogP contribution in [0.5, 0.6) is 11.5 Å². The van der Waals surface area contributed by atoms with Gasteiger partial charge in [0.05, 0.1) is 0 Å². The van der Waals surface area contributed by atoms with Crippen LogP contribution in [0.3, 0.4) is 0 Å². The number of ether oxygens (including phenoxy) is 2. The van der Waals surface area contributed by atoms with Crippen LogP contribution in [0.2, 0.25) is 0 Å². The van der Waals surface area contributed by atoms with Crippen molar-refractivity contribution in [3.8, 4) is 11.5 Å². The topological polar surface area (TPSA) is 102 Å². The lowest BCUT2D eigenvalue weighted by Gasteiger charge is -2.15. The number of hydrogen-bond acceptors (Lipinski definition) is 5. The molecule has 0 radical (unpaired) electrons. The number of carbonyl (C=O) groups is 1. The Bertz CT molecular complexity index is 493. The molecule has 2 rings (SSSR count). The molecule has 1 aromatic carbocycles. The van der Waals surface area contributed by atoms with E-state index in [4.69, 9.17) is 5.73 Å². The predicted octanol–water partition coefficient (Wildman–Crippen LogP) is -0.112. The number of aliphatic hydroxyl groups is 2. The molecule has 1 amide bonds. The molecule has 6 nitrogen and oxygen atoms in total. The molecule has 0 bridgehead atoms. The maximum absolute atomic E-state index is 12.7. The molecule has 4 N–H and O–H groups in total. The Kier molecular flexibility index (Phi) is 2.83. The van der Waals surface area contributed by atoms with Gasteiger partial charge >= 0.3 is 6.29 Å². The molecule has 98 valence electrons. The molecular weight excluding hydrogens is 252 g/mol. The predicted molar refractivity (Wildman–Crippen MR) is 52.8 cm³/mol. The second kappa shape index (κ2) is 4.07. The fraction of sp³-hybridized carbons (Fsp3) is 0.300. The summed E-state index contributed by atoms with van der Waals surface area (Å²) in [6, 6.07) is 3.37. The quantitative estimate of drug-likeness (QED) is 0.704. The van der Waals surface area contributed by atoms with Gasteiger partial charge in [-0.1, -0.05) is 6.07 Å². The molecule has 18 heavy (non-hydrogen) atoms. The second-order valence-electron chi connectivity index (χ2n) is 3.67. The van der Waals surface area contributed by atoms with E-state index >= 15 is 0 Å². The van der Waals surface area contributed by atoms with Gasteiger partial charge in [0, 0.05) is 0 Å². The van der Waals surface area contributed by atoms with Gasteiger partial charge in [0.25, 0.3) is 0 Å². The summed E-state index contributed by atoms with van der Waals surface area (Å²) in [6.07, 6.45) is -7.25. The second-order valence-corrected chi connectivity index (χ2v) is 3.67. The lowest BCUT2D eigenvalue weighted by atomic mass is 10.0. The first-order chi connectivity index (χ1) is 8.30. The Balaban J connectivity index is 2.26. The fourth-order valence-electron chi connectivity index (χ4n) is 1.49. The zero-order valence-corrected chi connectivity index (χ0v) is 8.84. The molecule has 0 saturated carbocycles. The van der Waals surface area contributed by atoms with Crippen molar-refractivity contribution in [2.75, 3.05) is 0 Å². The molecule has 2 atom stereocenters. The summed E-state index contributed by atoms with van der Waals surface area (Å²) in [5.74, 6) is -1.64. The van der Waals surface area contributed by atoms with Crippen molar-refractivity contribution in [1.29, 1.82) is 0 Å². The van der Waals surface area contributed by atoms with Gasteiger partial charge in [-0.05, 0) is 17.7 Å². The molecule has 0 fully saturated rings. The SMILES string of the molecule is NC(=O)C(O)C(O)c1ccc2c(c1)OC(F)(F)O2. The van der Waals surface area contributed by atoms with Crippen LogP contribution in [0, 0.1) is 0 Å². The van der Waals surface area contributed by atoms with Gasteiger partial charge in [0.15, 0.2) is 17.6 Å². The molecule has 1 aromatic rings. The minimum atomic E-state index is -3.77. The van der Waals surface area contributed by atoms with Crippen LogP contribution in [0.15, 0.2) is 18.2 Å². The van der Waals surface area contributed by atoms with E-state index in [1.165, 1.54) is 6.07 Å². The van der Waals surface area contributed by atoms with Crippen LogP contribution < -0.4 is 15.2 Å². The van der Waals surface area contributed by atoms with E-state index in [0.717, 1.165) is 12.1 Å². The maximum Gasteiger partial charge on any atom is 0.586 e. The summed E-state index contributed by atoms with van der Waals surface area (Å²) in [6.45, 7) is 0. The van der Waals surface area contributed by atoms with Gasteiger partial charge in [0.1, 0.15) is 6.10 Å². The van der Waals surface area contributed by atoms with Crippen molar-refractivity contribution in [2.45, 2.75) is 18.5 Å². The third kappa shape index (κ3) is 2.20. The van der Waals surface area contributed by atoms with E-state index in [1.807, 2.05) is 0 Å². The van der Waals surface area contributed by atoms with Gasteiger partial charge in [-0.25, -0.2) is 0 Å². The van der Waals surface area contributed by atoms with Crippen molar-refractivity contribution in [3.05, 3.63) is 23.8 Å². The number of nitrogens with two attached hydrogens (primary N) is 1. The van der Waals surface area contributed by atoms with E-state index in [9.17, 15) is 23.8 Å². The number of halogens is 2. The van der Waals surface area contributed by atoms with Crippen molar-refractivity contribution < 1.29 is 33.3 Å². The highest BCUT2D eigenvalue weighted by atomic mass is 19.3. The highest BCUT2D eigenvalue weighted by Crippen LogP contribution is 2.42. The average molecular weight is 261 g/mol. The Morgan fingerprint density at radius 3 is 2.50 bits per heavy atom. The third-order valence-corrected chi connectivity index (χ3v) is 2.36. The van der Waals surface area contributed by atoms with Crippen LogP contribution in [0.4, 0.5) is 8.78 Å². The van der Waals surface area contributed by atoms with Gasteiger partial charge in [-0.2, -0.15) is 0 Å². The number of amides is 1. The minimum absolute atomic E-state index is 0.00125. The number of alkyl halides is 2. The Labute approximate surface area is 99.5 Å². The summed E-state index contributed by atoms with van der Waals surface area (Å²) >= 11 is 0. The standard InChI is InChI=1S/C10H9F2NO5/c11-10(12)17-5-2-1-4(3-6(5)18-10)7(14)8(15)9(13)16/h1-3,7-8,14-15H,(H2,13,16).